The van der Waals surface area contributed by atoms with E-state index in [1.54, 1.807) is 31.8 Å². The molecule has 1 aromatic rings. The number of carbonyl (C=O) groups excluding carboxylic acids is 2. The fourth-order valence-electron chi connectivity index (χ4n) is 1.47. The summed E-state index contributed by atoms with van der Waals surface area (Å²) in [6.45, 7) is 5.78. The van der Waals surface area contributed by atoms with Crippen LogP contribution in [0.4, 0.5) is 10.5 Å². The SMILES string of the molecule is CCNC(=O)NC(=O)C(C)Nc1cn(C)nc1C. The summed E-state index contributed by atoms with van der Waals surface area (Å²) < 4.78 is 1.66. The molecule has 1 unspecified atom stereocenters. The summed E-state index contributed by atoms with van der Waals surface area (Å²) >= 11 is 0. The maximum Gasteiger partial charge on any atom is 0.321 e. The first kappa shape index (κ1) is 14.0. The summed E-state index contributed by atoms with van der Waals surface area (Å²) in [4.78, 5) is 22.9. The number of amides is 3. The molecule has 0 saturated carbocycles. The first-order valence-corrected chi connectivity index (χ1v) is 5.79. The summed E-state index contributed by atoms with van der Waals surface area (Å²) in [7, 11) is 1.80. The maximum absolute atomic E-state index is 11.7. The number of anilines is 1. The Morgan fingerprint density at radius 2 is 2.17 bits per heavy atom. The Morgan fingerprint density at radius 3 is 2.67 bits per heavy atom. The lowest BCUT2D eigenvalue weighted by Crippen LogP contribution is -2.45. The number of nitrogens with one attached hydrogen (secondary N) is 3. The van der Waals surface area contributed by atoms with Gasteiger partial charge in [0, 0.05) is 19.8 Å². The summed E-state index contributed by atoms with van der Waals surface area (Å²) in [6, 6.07) is -1.01. The van der Waals surface area contributed by atoms with E-state index < -0.39 is 12.1 Å². The van der Waals surface area contributed by atoms with Gasteiger partial charge in [-0.1, -0.05) is 0 Å². The maximum atomic E-state index is 11.7. The molecule has 0 aromatic carbocycles. The van der Waals surface area contributed by atoms with Gasteiger partial charge in [-0.25, -0.2) is 4.79 Å². The molecule has 0 aliphatic heterocycles. The molecular formula is C11H19N5O2. The number of hydrogen-bond acceptors (Lipinski definition) is 4. The molecular weight excluding hydrogens is 234 g/mol. The molecule has 3 amide bonds. The van der Waals surface area contributed by atoms with Crippen LogP contribution < -0.4 is 16.0 Å². The van der Waals surface area contributed by atoms with E-state index >= 15 is 0 Å². The fraction of sp³-hybridized carbons (Fsp3) is 0.545. The highest BCUT2D eigenvalue weighted by molar-refractivity contribution is 5.97. The third-order valence-corrected chi connectivity index (χ3v) is 2.35. The van der Waals surface area contributed by atoms with E-state index in [9.17, 15) is 9.59 Å². The molecule has 7 heteroatoms. The van der Waals surface area contributed by atoms with Crippen molar-refractivity contribution in [1.29, 1.82) is 0 Å². The Morgan fingerprint density at radius 1 is 1.50 bits per heavy atom. The van der Waals surface area contributed by atoms with Gasteiger partial charge in [0.25, 0.3) is 0 Å². The number of carbonyl (C=O) groups is 2. The molecule has 100 valence electrons. The monoisotopic (exact) mass is 253 g/mol. The van der Waals surface area contributed by atoms with E-state index in [1.807, 2.05) is 6.92 Å². The average Bonchev–Trinajstić information content (AvgIpc) is 2.57. The van der Waals surface area contributed by atoms with Crippen LogP contribution in [-0.2, 0) is 11.8 Å². The van der Waals surface area contributed by atoms with Crippen LogP contribution in [0.2, 0.25) is 0 Å². The molecule has 7 nitrogen and oxygen atoms in total. The van der Waals surface area contributed by atoms with Crippen LogP contribution in [0.3, 0.4) is 0 Å². The van der Waals surface area contributed by atoms with Crippen molar-refractivity contribution in [3.63, 3.8) is 0 Å². The van der Waals surface area contributed by atoms with Crippen LogP contribution in [0.1, 0.15) is 19.5 Å². The number of hydrogen-bond donors (Lipinski definition) is 3. The van der Waals surface area contributed by atoms with Gasteiger partial charge in [0.1, 0.15) is 6.04 Å². The molecule has 1 rings (SSSR count). The van der Waals surface area contributed by atoms with Crippen molar-refractivity contribution in [3.8, 4) is 0 Å². The van der Waals surface area contributed by atoms with Gasteiger partial charge in [0.2, 0.25) is 5.91 Å². The van der Waals surface area contributed by atoms with Crippen molar-refractivity contribution in [2.24, 2.45) is 7.05 Å². The Balaban J connectivity index is 2.54. The summed E-state index contributed by atoms with van der Waals surface area (Å²) in [5.41, 5.74) is 1.58. The average molecular weight is 253 g/mol. The number of aryl methyl sites for hydroxylation is 2. The van der Waals surface area contributed by atoms with Crippen LogP contribution in [-0.4, -0.2) is 34.3 Å². The van der Waals surface area contributed by atoms with Crippen LogP contribution in [0.25, 0.3) is 0 Å². The van der Waals surface area contributed by atoms with Gasteiger partial charge in [-0.2, -0.15) is 5.10 Å². The first-order chi connectivity index (χ1) is 8.43. The van der Waals surface area contributed by atoms with Gasteiger partial charge in [-0.15, -0.1) is 0 Å². The minimum atomic E-state index is -0.518. The van der Waals surface area contributed by atoms with Gasteiger partial charge in [0.05, 0.1) is 11.4 Å². The zero-order valence-corrected chi connectivity index (χ0v) is 11.1. The third-order valence-electron chi connectivity index (χ3n) is 2.35. The van der Waals surface area contributed by atoms with E-state index in [1.165, 1.54) is 0 Å². The van der Waals surface area contributed by atoms with Crippen LogP contribution in [0, 0.1) is 6.92 Å². The lowest BCUT2D eigenvalue weighted by Gasteiger charge is -2.13. The normalized spacial score (nSPS) is 11.8. The highest BCUT2D eigenvalue weighted by Gasteiger charge is 2.16. The zero-order chi connectivity index (χ0) is 13.7. The first-order valence-electron chi connectivity index (χ1n) is 5.79. The quantitative estimate of drug-likeness (QED) is 0.723. The Bertz CT molecular complexity index is 441. The second kappa shape index (κ2) is 6.04. The molecule has 3 N–H and O–H groups in total. The minimum Gasteiger partial charge on any atom is -0.371 e. The second-order valence-corrected chi connectivity index (χ2v) is 4.02. The van der Waals surface area contributed by atoms with Crippen molar-refractivity contribution in [2.45, 2.75) is 26.8 Å². The Labute approximate surface area is 106 Å². The fourth-order valence-corrected chi connectivity index (χ4v) is 1.47. The van der Waals surface area contributed by atoms with E-state index in [0.717, 1.165) is 11.4 Å². The summed E-state index contributed by atoms with van der Waals surface area (Å²) in [5.74, 6) is -0.385. The van der Waals surface area contributed by atoms with Crippen molar-refractivity contribution in [1.82, 2.24) is 20.4 Å². The van der Waals surface area contributed by atoms with Crippen molar-refractivity contribution < 1.29 is 9.59 Å². The van der Waals surface area contributed by atoms with Crippen LogP contribution in [0.5, 0.6) is 0 Å². The van der Waals surface area contributed by atoms with Crippen molar-refractivity contribution >= 4 is 17.6 Å². The molecule has 1 aromatic heterocycles. The molecule has 0 aliphatic carbocycles. The Kier molecular flexibility index (Phi) is 4.70. The highest BCUT2D eigenvalue weighted by atomic mass is 16.2. The van der Waals surface area contributed by atoms with Gasteiger partial charge >= 0.3 is 6.03 Å². The standard InChI is InChI=1S/C11H19N5O2/c1-5-12-11(18)14-10(17)8(3)13-9-6-16(4)15-7(9)2/h6,8,13H,5H2,1-4H3,(H2,12,14,17,18). The summed E-state index contributed by atoms with van der Waals surface area (Å²) in [6.07, 6.45) is 1.78. The van der Waals surface area contributed by atoms with E-state index in [0.29, 0.717) is 6.54 Å². The number of nitrogens with zero attached hydrogens (tertiary/aromatic N) is 2. The number of urea groups is 1. The molecule has 0 saturated heterocycles. The van der Waals surface area contributed by atoms with Gasteiger partial charge in [0.15, 0.2) is 0 Å². The van der Waals surface area contributed by atoms with E-state index in [2.05, 4.69) is 21.0 Å². The Hall–Kier alpha value is -2.05. The lowest BCUT2D eigenvalue weighted by molar-refractivity contribution is -0.120. The molecule has 0 bridgehead atoms. The third kappa shape index (κ3) is 3.76. The van der Waals surface area contributed by atoms with Crippen LogP contribution >= 0.6 is 0 Å². The van der Waals surface area contributed by atoms with Crippen molar-refractivity contribution in [2.75, 3.05) is 11.9 Å². The molecule has 0 aliphatic rings. The van der Waals surface area contributed by atoms with Gasteiger partial charge in [-0.05, 0) is 20.8 Å². The predicted molar refractivity (Wildman–Crippen MR) is 68.2 cm³/mol. The molecule has 0 spiro atoms. The smallest absolute Gasteiger partial charge is 0.321 e. The van der Waals surface area contributed by atoms with Gasteiger partial charge in [-0.3, -0.25) is 14.8 Å². The predicted octanol–water partition coefficient (Wildman–Crippen LogP) is 0.375. The lowest BCUT2D eigenvalue weighted by atomic mass is 10.3. The van der Waals surface area contributed by atoms with Crippen molar-refractivity contribution in [3.05, 3.63) is 11.9 Å². The van der Waals surface area contributed by atoms with E-state index in [-0.39, 0.29) is 5.91 Å². The number of rotatable bonds is 4. The minimum absolute atomic E-state index is 0.385. The van der Waals surface area contributed by atoms with Gasteiger partial charge < -0.3 is 10.6 Å². The second-order valence-electron chi connectivity index (χ2n) is 4.02. The topological polar surface area (TPSA) is 88.0 Å². The summed E-state index contributed by atoms with van der Waals surface area (Å²) in [5, 5.41) is 11.9. The number of aromatic nitrogens is 2. The molecule has 1 heterocycles. The largest absolute Gasteiger partial charge is 0.371 e. The van der Waals surface area contributed by atoms with Crippen LogP contribution in [0.15, 0.2) is 6.20 Å². The molecule has 18 heavy (non-hydrogen) atoms. The number of imide groups is 1. The highest BCUT2D eigenvalue weighted by Crippen LogP contribution is 2.12. The molecule has 0 radical (unpaired) electrons. The molecule has 0 fully saturated rings. The zero-order valence-electron chi connectivity index (χ0n) is 11.1. The molecule has 1 atom stereocenters. The van der Waals surface area contributed by atoms with E-state index in [4.69, 9.17) is 0 Å².